The summed E-state index contributed by atoms with van der Waals surface area (Å²) < 4.78 is 1.01. The Morgan fingerprint density at radius 2 is 2.21 bits per heavy atom. The van der Waals surface area contributed by atoms with Crippen LogP contribution in [-0.2, 0) is 0 Å². The van der Waals surface area contributed by atoms with Crippen molar-refractivity contribution in [3.8, 4) is 0 Å². The van der Waals surface area contributed by atoms with Crippen molar-refractivity contribution in [2.24, 2.45) is 5.73 Å². The molecule has 0 amide bonds. The third-order valence-electron chi connectivity index (χ3n) is 2.01. The Balaban J connectivity index is 3.19. The highest BCUT2D eigenvalue weighted by Gasteiger charge is 2.09. The van der Waals surface area contributed by atoms with Gasteiger partial charge in [-0.05, 0) is 19.9 Å². The Morgan fingerprint density at radius 3 is 2.57 bits per heavy atom. The molecule has 1 rings (SSSR count). The van der Waals surface area contributed by atoms with Crippen LogP contribution < -0.4 is 11.1 Å². The monoisotopic (exact) mass is 274 g/mol. The number of aryl methyl sites for hydroxylation is 2. The zero-order valence-corrected chi connectivity index (χ0v) is 11.1. The lowest BCUT2D eigenvalue weighted by Gasteiger charge is -2.08. The molecule has 0 aliphatic carbocycles. The number of nitrogens with one attached hydrogen (secondary N) is 1. The molecule has 1 heterocycles. The van der Waals surface area contributed by atoms with E-state index < -0.39 is 0 Å². The van der Waals surface area contributed by atoms with Gasteiger partial charge in [0.1, 0.15) is 0 Å². The fraction of sp³-hybridized carbons (Fsp3) is 0.400. The van der Waals surface area contributed by atoms with E-state index in [2.05, 4.69) is 41.2 Å². The zero-order chi connectivity index (χ0) is 10.7. The molecule has 4 heteroatoms. The van der Waals surface area contributed by atoms with Crippen molar-refractivity contribution in [1.29, 1.82) is 0 Å². The van der Waals surface area contributed by atoms with Crippen LogP contribution in [0, 0.1) is 13.8 Å². The standard InChI is InChI=1S/C10H15BrN2S/c1-6-4-8(7(2)14-6)10(13-3)9(11)5-12/h4,13H,5,12H2,1-3H3/b10-9+. The highest BCUT2D eigenvalue weighted by molar-refractivity contribution is 9.11. The minimum Gasteiger partial charge on any atom is -0.387 e. The number of hydrogen-bond acceptors (Lipinski definition) is 3. The first-order chi connectivity index (χ1) is 6.60. The molecule has 0 aromatic carbocycles. The van der Waals surface area contributed by atoms with Gasteiger partial charge in [-0.2, -0.15) is 0 Å². The smallest absolute Gasteiger partial charge is 0.0538 e. The highest BCUT2D eigenvalue weighted by Crippen LogP contribution is 2.28. The van der Waals surface area contributed by atoms with Gasteiger partial charge in [0.15, 0.2) is 0 Å². The maximum Gasteiger partial charge on any atom is 0.0538 e. The van der Waals surface area contributed by atoms with E-state index in [-0.39, 0.29) is 0 Å². The molecule has 0 bridgehead atoms. The fourth-order valence-electron chi connectivity index (χ4n) is 1.40. The SMILES string of the molecule is CN/C(=C(/Br)CN)c1cc(C)sc1C. The van der Waals surface area contributed by atoms with Crippen LogP contribution in [0.25, 0.3) is 5.70 Å². The van der Waals surface area contributed by atoms with E-state index in [1.807, 2.05) is 7.05 Å². The lowest BCUT2D eigenvalue weighted by atomic mass is 10.1. The van der Waals surface area contributed by atoms with Crippen molar-refractivity contribution in [2.45, 2.75) is 13.8 Å². The van der Waals surface area contributed by atoms with Gasteiger partial charge >= 0.3 is 0 Å². The molecule has 0 unspecified atom stereocenters. The summed E-state index contributed by atoms with van der Waals surface area (Å²) >= 11 is 5.29. The predicted octanol–water partition coefficient (Wildman–Crippen LogP) is 2.61. The molecule has 0 aliphatic rings. The predicted molar refractivity (Wildman–Crippen MR) is 67.8 cm³/mol. The van der Waals surface area contributed by atoms with E-state index in [0.717, 1.165) is 10.2 Å². The van der Waals surface area contributed by atoms with E-state index >= 15 is 0 Å². The molecule has 0 fully saturated rings. The average molecular weight is 275 g/mol. The van der Waals surface area contributed by atoms with Gasteiger partial charge in [-0.25, -0.2) is 0 Å². The molecule has 0 spiro atoms. The van der Waals surface area contributed by atoms with Gasteiger partial charge in [0, 0.05) is 33.4 Å². The van der Waals surface area contributed by atoms with Crippen LogP contribution in [-0.4, -0.2) is 13.6 Å². The lowest BCUT2D eigenvalue weighted by Crippen LogP contribution is -2.11. The minimum atomic E-state index is 0.518. The maximum atomic E-state index is 5.60. The summed E-state index contributed by atoms with van der Waals surface area (Å²) in [6.45, 7) is 4.76. The van der Waals surface area contributed by atoms with Crippen molar-refractivity contribution < 1.29 is 0 Å². The van der Waals surface area contributed by atoms with Gasteiger partial charge in [-0.1, -0.05) is 15.9 Å². The summed E-state index contributed by atoms with van der Waals surface area (Å²) in [5.74, 6) is 0. The van der Waals surface area contributed by atoms with Gasteiger partial charge in [0.2, 0.25) is 0 Å². The molecule has 2 nitrogen and oxygen atoms in total. The molecule has 0 saturated carbocycles. The van der Waals surface area contributed by atoms with Crippen molar-refractivity contribution in [1.82, 2.24) is 5.32 Å². The fourth-order valence-corrected chi connectivity index (χ4v) is 2.74. The van der Waals surface area contributed by atoms with Crippen LogP contribution >= 0.6 is 27.3 Å². The van der Waals surface area contributed by atoms with E-state index in [1.165, 1.54) is 15.3 Å². The summed E-state index contributed by atoms with van der Waals surface area (Å²) in [6.07, 6.45) is 0. The average Bonchev–Trinajstić information content (AvgIpc) is 2.47. The first-order valence-electron chi connectivity index (χ1n) is 4.44. The minimum absolute atomic E-state index is 0.518. The third kappa shape index (κ3) is 2.38. The number of thiophene rings is 1. The van der Waals surface area contributed by atoms with Crippen LogP contribution in [0.4, 0.5) is 0 Å². The van der Waals surface area contributed by atoms with Gasteiger partial charge in [-0.15, -0.1) is 11.3 Å². The molecule has 1 aromatic rings. The molecule has 0 aliphatic heterocycles. The second-order valence-corrected chi connectivity index (χ2v) is 5.48. The van der Waals surface area contributed by atoms with Crippen LogP contribution in [0.15, 0.2) is 10.5 Å². The normalized spacial score (nSPS) is 12.6. The van der Waals surface area contributed by atoms with Crippen LogP contribution in [0.2, 0.25) is 0 Å². The topological polar surface area (TPSA) is 38.0 Å². The number of halogens is 1. The second kappa shape index (κ2) is 4.96. The van der Waals surface area contributed by atoms with Crippen LogP contribution in [0.1, 0.15) is 15.3 Å². The van der Waals surface area contributed by atoms with Crippen molar-refractivity contribution in [3.05, 3.63) is 25.9 Å². The summed E-state index contributed by atoms with van der Waals surface area (Å²) in [4.78, 5) is 2.64. The molecular weight excluding hydrogens is 260 g/mol. The van der Waals surface area contributed by atoms with Gasteiger partial charge < -0.3 is 11.1 Å². The van der Waals surface area contributed by atoms with Gasteiger partial charge in [0.05, 0.1) is 5.70 Å². The molecule has 0 saturated heterocycles. The van der Waals surface area contributed by atoms with E-state index in [4.69, 9.17) is 5.73 Å². The molecule has 78 valence electrons. The highest BCUT2D eigenvalue weighted by atomic mass is 79.9. The van der Waals surface area contributed by atoms with Crippen molar-refractivity contribution in [3.63, 3.8) is 0 Å². The number of nitrogens with two attached hydrogens (primary N) is 1. The Hall–Kier alpha value is -0.320. The summed E-state index contributed by atoms with van der Waals surface area (Å²) in [6, 6.07) is 2.18. The summed E-state index contributed by atoms with van der Waals surface area (Å²) in [7, 11) is 1.92. The maximum absolute atomic E-state index is 5.60. The quantitative estimate of drug-likeness (QED) is 0.890. The Morgan fingerprint density at radius 1 is 1.57 bits per heavy atom. The Labute approximate surface area is 97.3 Å². The van der Waals surface area contributed by atoms with Crippen LogP contribution in [0.5, 0.6) is 0 Å². The molecule has 0 atom stereocenters. The van der Waals surface area contributed by atoms with Crippen LogP contribution in [0.3, 0.4) is 0 Å². The van der Waals surface area contributed by atoms with Crippen molar-refractivity contribution >= 4 is 33.0 Å². The molecule has 1 aromatic heterocycles. The van der Waals surface area contributed by atoms with E-state index in [0.29, 0.717) is 6.54 Å². The Bertz CT molecular complexity index is 355. The number of hydrogen-bond donors (Lipinski definition) is 2. The third-order valence-corrected chi connectivity index (χ3v) is 3.70. The first-order valence-corrected chi connectivity index (χ1v) is 6.05. The second-order valence-electron chi connectivity index (χ2n) is 3.06. The van der Waals surface area contributed by atoms with Gasteiger partial charge in [0.25, 0.3) is 0 Å². The van der Waals surface area contributed by atoms with E-state index in [9.17, 15) is 0 Å². The molecular formula is C10H15BrN2S. The summed E-state index contributed by atoms with van der Waals surface area (Å²) in [5, 5.41) is 3.18. The summed E-state index contributed by atoms with van der Waals surface area (Å²) in [5.41, 5.74) is 7.94. The molecule has 14 heavy (non-hydrogen) atoms. The molecule has 3 N–H and O–H groups in total. The number of rotatable bonds is 3. The van der Waals surface area contributed by atoms with E-state index in [1.54, 1.807) is 11.3 Å². The zero-order valence-electron chi connectivity index (χ0n) is 8.65. The lowest BCUT2D eigenvalue weighted by molar-refractivity contribution is 1.10. The Kier molecular flexibility index (Phi) is 4.16. The van der Waals surface area contributed by atoms with Gasteiger partial charge in [-0.3, -0.25) is 0 Å². The first kappa shape index (κ1) is 11.8. The van der Waals surface area contributed by atoms with Crippen molar-refractivity contribution in [2.75, 3.05) is 13.6 Å². The largest absolute Gasteiger partial charge is 0.387 e. The molecule has 0 radical (unpaired) electrons.